The largest absolute Gasteiger partial charge is 0.485 e. The van der Waals surface area contributed by atoms with Gasteiger partial charge in [-0.1, -0.05) is 0 Å². The second-order valence-corrected chi connectivity index (χ2v) is 5.98. The van der Waals surface area contributed by atoms with Crippen molar-refractivity contribution < 1.29 is 19.1 Å². The van der Waals surface area contributed by atoms with E-state index in [9.17, 15) is 9.90 Å². The second-order valence-electron chi connectivity index (χ2n) is 5.98. The van der Waals surface area contributed by atoms with Crippen LogP contribution in [-0.4, -0.2) is 22.7 Å². The van der Waals surface area contributed by atoms with Crippen LogP contribution in [-0.2, 0) is 0 Å². The van der Waals surface area contributed by atoms with Crippen molar-refractivity contribution in [2.24, 2.45) is 0 Å². The molecule has 6 heteroatoms. The van der Waals surface area contributed by atoms with Crippen LogP contribution in [0.4, 0.5) is 0 Å². The van der Waals surface area contributed by atoms with Crippen molar-refractivity contribution in [2.45, 2.75) is 31.6 Å². The van der Waals surface area contributed by atoms with E-state index in [0.29, 0.717) is 22.4 Å². The second kappa shape index (κ2) is 5.45. The van der Waals surface area contributed by atoms with Crippen molar-refractivity contribution >= 4 is 5.91 Å². The number of aliphatic hydroxyl groups excluding tert-OH is 1. The van der Waals surface area contributed by atoms with Crippen molar-refractivity contribution in [1.82, 2.24) is 5.32 Å². The highest BCUT2D eigenvalue weighted by Crippen LogP contribution is 2.40. The molecule has 1 unspecified atom stereocenters. The van der Waals surface area contributed by atoms with Crippen molar-refractivity contribution in [3.8, 4) is 11.8 Å². The van der Waals surface area contributed by atoms with Gasteiger partial charge in [-0.05, 0) is 38.1 Å². The zero-order valence-electron chi connectivity index (χ0n) is 12.7. The van der Waals surface area contributed by atoms with Crippen molar-refractivity contribution in [3.63, 3.8) is 0 Å². The lowest BCUT2D eigenvalue weighted by Crippen LogP contribution is -2.53. The number of nitriles is 1. The van der Waals surface area contributed by atoms with Gasteiger partial charge in [-0.25, -0.2) is 0 Å². The summed E-state index contributed by atoms with van der Waals surface area (Å²) in [5, 5.41) is 22.5. The van der Waals surface area contributed by atoms with E-state index in [2.05, 4.69) is 5.32 Å². The fraction of sp³-hybridized carbons (Fsp3) is 0.294. The molecule has 1 aliphatic rings. The lowest BCUT2D eigenvalue weighted by Gasteiger charge is -2.42. The van der Waals surface area contributed by atoms with Crippen LogP contribution in [0.15, 0.2) is 41.2 Å². The molecule has 2 N–H and O–H groups in total. The van der Waals surface area contributed by atoms with Gasteiger partial charge in [0.1, 0.15) is 23.7 Å². The summed E-state index contributed by atoms with van der Waals surface area (Å²) in [6.45, 7) is 3.49. The maximum absolute atomic E-state index is 12.3. The van der Waals surface area contributed by atoms with Gasteiger partial charge >= 0.3 is 0 Å². The van der Waals surface area contributed by atoms with Gasteiger partial charge in [-0.3, -0.25) is 4.79 Å². The molecule has 0 bridgehead atoms. The minimum Gasteiger partial charge on any atom is -0.485 e. The lowest BCUT2D eigenvalue weighted by atomic mass is 9.86. The van der Waals surface area contributed by atoms with Crippen molar-refractivity contribution in [2.75, 3.05) is 0 Å². The molecule has 1 aromatic heterocycles. The topological polar surface area (TPSA) is 95.5 Å². The van der Waals surface area contributed by atoms with Gasteiger partial charge in [0.25, 0.3) is 5.91 Å². The molecular formula is C17H16N2O4. The maximum Gasteiger partial charge on any atom is 0.255 e. The smallest absolute Gasteiger partial charge is 0.255 e. The molecule has 1 aliphatic heterocycles. The van der Waals surface area contributed by atoms with Crippen molar-refractivity contribution in [3.05, 3.63) is 53.5 Å². The number of hydrogen-bond donors (Lipinski definition) is 2. The van der Waals surface area contributed by atoms with Gasteiger partial charge < -0.3 is 19.6 Å². The van der Waals surface area contributed by atoms with E-state index in [1.165, 1.54) is 12.5 Å². The van der Waals surface area contributed by atoms with E-state index in [-0.39, 0.29) is 5.91 Å². The molecule has 0 spiro atoms. The Bertz CT molecular complexity index is 774. The highest BCUT2D eigenvalue weighted by Gasteiger charge is 2.43. The molecule has 118 valence electrons. The van der Waals surface area contributed by atoms with Crippen LogP contribution in [0.3, 0.4) is 0 Å². The molecule has 6 nitrogen and oxygen atoms in total. The van der Waals surface area contributed by atoms with Crippen LogP contribution in [0.2, 0.25) is 0 Å². The monoisotopic (exact) mass is 312 g/mol. The average molecular weight is 312 g/mol. The fourth-order valence-corrected chi connectivity index (χ4v) is 2.64. The summed E-state index contributed by atoms with van der Waals surface area (Å²) in [6, 6.07) is 7.84. The molecule has 23 heavy (non-hydrogen) atoms. The van der Waals surface area contributed by atoms with Crippen LogP contribution in [0.5, 0.6) is 5.75 Å². The third-order valence-electron chi connectivity index (χ3n) is 3.94. The Balaban J connectivity index is 2.00. The summed E-state index contributed by atoms with van der Waals surface area (Å²) in [7, 11) is 0. The average Bonchev–Trinajstić information content (AvgIpc) is 3.05. The third kappa shape index (κ3) is 2.67. The molecule has 0 aliphatic carbocycles. The zero-order valence-corrected chi connectivity index (χ0v) is 12.7. The number of fused-ring (bicyclic) bond motifs is 1. The summed E-state index contributed by atoms with van der Waals surface area (Å²) >= 11 is 0. The van der Waals surface area contributed by atoms with Gasteiger partial charge in [0.05, 0.1) is 29.5 Å². The van der Waals surface area contributed by atoms with E-state index < -0.39 is 17.7 Å². The van der Waals surface area contributed by atoms with Gasteiger partial charge in [-0.2, -0.15) is 5.26 Å². The Morgan fingerprint density at radius 1 is 1.39 bits per heavy atom. The summed E-state index contributed by atoms with van der Waals surface area (Å²) in [5.74, 6) is 0.172. The number of aliphatic hydroxyl groups is 1. The summed E-state index contributed by atoms with van der Waals surface area (Å²) in [4.78, 5) is 12.3. The van der Waals surface area contributed by atoms with Gasteiger partial charge in [-0.15, -0.1) is 0 Å². The number of furan rings is 1. The molecule has 2 atom stereocenters. The predicted molar refractivity (Wildman–Crippen MR) is 80.8 cm³/mol. The predicted octanol–water partition coefficient (Wildman–Crippen LogP) is 2.15. The van der Waals surface area contributed by atoms with E-state index in [0.717, 1.165) is 0 Å². The Hall–Kier alpha value is -2.78. The Kier molecular flexibility index (Phi) is 3.58. The molecule has 0 fully saturated rings. The van der Waals surface area contributed by atoms with E-state index >= 15 is 0 Å². The normalized spacial score (nSPS) is 21.7. The summed E-state index contributed by atoms with van der Waals surface area (Å²) in [6.07, 6.45) is 1.76. The number of carbonyl (C=O) groups excluding carboxylic acids is 1. The number of amides is 1. The Morgan fingerprint density at radius 2 is 2.17 bits per heavy atom. The SMILES string of the molecule is CC1(C)Oc2ccc(C#N)cc2C(NC(=O)c2ccoc2)[C@@H]1O. The van der Waals surface area contributed by atoms with E-state index in [1.807, 2.05) is 6.07 Å². The number of benzene rings is 1. The zero-order chi connectivity index (χ0) is 16.6. The first-order valence-electron chi connectivity index (χ1n) is 7.16. The van der Waals surface area contributed by atoms with Crippen LogP contribution >= 0.6 is 0 Å². The van der Waals surface area contributed by atoms with Crippen LogP contribution in [0.25, 0.3) is 0 Å². The molecule has 0 saturated carbocycles. The molecule has 2 aromatic rings. The highest BCUT2D eigenvalue weighted by molar-refractivity contribution is 5.94. The minimum absolute atomic E-state index is 0.361. The molecule has 0 radical (unpaired) electrons. The number of ether oxygens (including phenoxy) is 1. The van der Waals surface area contributed by atoms with Gasteiger partial charge in [0.2, 0.25) is 0 Å². The Labute approximate surface area is 133 Å². The van der Waals surface area contributed by atoms with E-state index in [1.54, 1.807) is 38.1 Å². The maximum atomic E-state index is 12.3. The third-order valence-corrected chi connectivity index (χ3v) is 3.94. The number of nitrogens with one attached hydrogen (secondary N) is 1. The molecule has 0 saturated heterocycles. The first-order valence-corrected chi connectivity index (χ1v) is 7.16. The number of hydrogen-bond acceptors (Lipinski definition) is 5. The van der Waals surface area contributed by atoms with Crippen LogP contribution in [0.1, 0.15) is 41.4 Å². The molecular weight excluding hydrogens is 296 g/mol. The molecule has 1 amide bonds. The highest BCUT2D eigenvalue weighted by atomic mass is 16.5. The quantitative estimate of drug-likeness (QED) is 0.886. The standard InChI is InChI=1S/C17H16N2O4/c1-17(2)15(20)14(19-16(21)11-5-6-22-9-11)12-7-10(8-18)3-4-13(12)23-17/h3-7,9,14-15,20H,1-2H3,(H,19,21)/t14?,15-/m0/s1. The lowest BCUT2D eigenvalue weighted by molar-refractivity contribution is -0.0627. The number of rotatable bonds is 2. The summed E-state index contributed by atoms with van der Waals surface area (Å²) < 4.78 is 10.7. The first kappa shape index (κ1) is 15.1. The van der Waals surface area contributed by atoms with Gasteiger partial charge in [0.15, 0.2) is 0 Å². The number of carbonyl (C=O) groups is 1. The van der Waals surface area contributed by atoms with Gasteiger partial charge in [0, 0.05) is 5.56 Å². The number of nitrogens with zero attached hydrogens (tertiary/aromatic N) is 1. The minimum atomic E-state index is -0.972. The molecule has 3 rings (SSSR count). The van der Waals surface area contributed by atoms with Crippen LogP contribution < -0.4 is 10.1 Å². The van der Waals surface area contributed by atoms with Crippen molar-refractivity contribution in [1.29, 1.82) is 5.26 Å². The molecule has 1 aromatic carbocycles. The van der Waals surface area contributed by atoms with E-state index in [4.69, 9.17) is 14.4 Å². The Morgan fingerprint density at radius 3 is 2.83 bits per heavy atom. The molecule has 2 heterocycles. The van der Waals surface area contributed by atoms with Crippen LogP contribution in [0, 0.1) is 11.3 Å². The first-order chi connectivity index (χ1) is 10.9. The fourth-order valence-electron chi connectivity index (χ4n) is 2.64. The summed E-state index contributed by atoms with van der Waals surface area (Å²) in [5.41, 5.74) is 0.490.